The van der Waals surface area contributed by atoms with Crippen LogP contribution in [0.5, 0.6) is 0 Å². The Hall–Kier alpha value is -0.0400. The second-order valence-corrected chi connectivity index (χ2v) is 2.62. The molecule has 0 heterocycles. The van der Waals surface area contributed by atoms with Crippen molar-refractivity contribution in [3.8, 4) is 0 Å². The molecule has 0 aromatic rings. The Bertz CT molecular complexity index is 56.0. The summed E-state index contributed by atoms with van der Waals surface area (Å²) in [4.78, 5) is 0. The lowest BCUT2D eigenvalue weighted by molar-refractivity contribution is 0.00411. The van der Waals surface area contributed by atoms with Crippen LogP contribution in [-0.4, -0.2) is 12.2 Å². The van der Waals surface area contributed by atoms with Crippen LogP contribution in [0.15, 0.2) is 0 Å². The second-order valence-electron chi connectivity index (χ2n) is 2.62. The van der Waals surface area contributed by atoms with E-state index in [2.05, 4.69) is 27.7 Å². The number of ether oxygens (including phenoxy) is 1. The van der Waals surface area contributed by atoms with E-state index in [0.29, 0.717) is 12.2 Å². The van der Waals surface area contributed by atoms with Crippen molar-refractivity contribution in [1.29, 1.82) is 0 Å². The summed E-state index contributed by atoms with van der Waals surface area (Å²) in [5.41, 5.74) is 0. The van der Waals surface area contributed by atoms with Crippen LogP contribution >= 0.6 is 0 Å². The van der Waals surface area contributed by atoms with Gasteiger partial charge in [0.15, 0.2) is 0 Å². The number of rotatable bonds is 4. The maximum absolute atomic E-state index is 5.55. The highest BCUT2D eigenvalue weighted by atomic mass is 16.5. The molecule has 0 aliphatic heterocycles. The molecule has 0 aromatic carbocycles. The Morgan fingerprint density at radius 3 is 1.42 bits per heavy atom. The van der Waals surface area contributed by atoms with Crippen LogP contribution in [0.1, 0.15) is 61.8 Å². The van der Waals surface area contributed by atoms with Gasteiger partial charge in [-0.25, -0.2) is 0 Å². The minimum Gasteiger partial charge on any atom is -0.376 e. The predicted octanol–water partition coefficient (Wildman–Crippen LogP) is 4.26. The molecule has 0 N–H and O–H groups in total. The summed E-state index contributed by atoms with van der Waals surface area (Å²) in [6.07, 6.45) is 3.13. The molecule has 0 unspecified atom stereocenters. The molecule has 1 heteroatoms. The van der Waals surface area contributed by atoms with Crippen LogP contribution in [0.4, 0.5) is 0 Å². The average molecular weight is 176 g/mol. The summed E-state index contributed by atoms with van der Waals surface area (Å²) < 4.78 is 5.55. The molecule has 0 aromatic heterocycles. The van der Waals surface area contributed by atoms with Crippen molar-refractivity contribution < 1.29 is 4.74 Å². The third kappa shape index (κ3) is 12.6. The van der Waals surface area contributed by atoms with Gasteiger partial charge in [-0.1, -0.05) is 35.1 Å². The Morgan fingerprint density at radius 2 is 1.33 bits per heavy atom. The fourth-order valence-electron chi connectivity index (χ4n) is 0.866. The Balaban J connectivity index is -0.000000249. The van der Waals surface area contributed by atoms with Gasteiger partial charge in [0.05, 0.1) is 12.2 Å². The topological polar surface area (TPSA) is 9.23 Å². The maximum atomic E-state index is 5.55. The molecule has 0 fully saturated rings. The lowest BCUT2D eigenvalue weighted by Gasteiger charge is -2.16. The molecule has 0 amide bonds. The summed E-state index contributed by atoms with van der Waals surface area (Å²) in [7, 11) is 0. The standard InChI is InChI=1S/C8H18O.C2H6.CH4/c1-5-8(6-2)9-7(3)4;1-2;/h7-8H,5-6H2,1-4H3;1-2H3;1H4. The minimum atomic E-state index is 0. The van der Waals surface area contributed by atoms with Gasteiger partial charge in [0, 0.05) is 0 Å². The molecule has 0 rings (SSSR count). The third-order valence-corrected chi connectivity index (χ3v) is 1.38. The molecule has 78 valence electrons. The highest BCUT2D eigenvalue weighted by Crippen LogP contribution is 2.05. The van der Waals surface area contributed by atoms with Crippen LogP contribution in [0.25, 0.3) is 0 Å². The molecular formula is C11H28O. The average Bonchev–Trinajstić information content (AvgIpc) is 2.03. The predicted molar refractivity (Wildman–Crippen MR) is 58.7 cm³/mol. The fourth-order valence-corrected chi connectivity index (χ4v) is 0.866. The summed E-state index contributed by atoms with van der Waals surface area (Å²) in [5, 5.41) is 0. The first-order valence-electron chi connectivity index (χ1n) is 4.86. The zero-order valence-electron chi connectivity index (χ0n) is 8.98. The van der Waals surface area contributed by atoms with Gasteiger partial charge in [0.2, 0.25) is 0 Å². The van der Waals surface area contributed by atoms with Gasteiger partial charge in [-0.2, -0.15) is 0 Å². The minimum absolute atomic E-state index is 0. The Morgan fingerprint density at radius 1 is 1.00 bits per heavy atom. The molecular weight excluding hydrogens is 148 g/mol. The van der Waals surface area contributed by atoms with Gasteiger partial charge >= 0.3 is 0 Å². The second kappa shape index (κ2) is 13.5. The van der Waals surface area contributed by atoms with Crippen molar-refractivity contribution in [2.45, 2.75) is 74.0 Å². The summed E-state index contributed by atoms with van der Waals surface area (Å²) >= 11 is 0. The normalized spacial score (nSPS) is 9.00. The van der Waals surface area contributed by atoms with E-state index in [1.54, 1.807) is 0 Å². The first-order valence-corrected chi connectivity index (χ1v) is 4.86. The Kier molecular flexibility index (Phi) is 20.2. The van der Waals surface area contributed by atoms with Crippen molar-refractivity contribution in [1.82, 2.24) is 0 Å². The molecule has 0 bridgehead atoms. The quantitative estimate of drug-likeness (QED) is 0.622. The lowest BCUT2D eigenvalue weighted by atomic mass is 10.2. The molecule has 0 spiro atoms. The van der Waals surface area contributed by atoms with Crippen LogP contribution in [0, 0.1) is 0 Å². The van der Waals surface area contributed by atoms with E-state index in [0.717, 1.165) is 12.8 Å². The van der Waals surface area contributed by atoms with Crippen LogP contribution in [0.3, 0.4) is 0 Å². The molecule has 0 saturated heterocycles. The molecule has 0 atom stereocenters. The van der Waals surface area contributed by atoms with Crippen molar-refractivity contribution >= 4 is 0 Å². The highest BCUT2D eigenvalue weighted by Gasteiger charge is 2.03. The first kappa shape index (κ1) is 17.9. The van der Waals surface area contributed by atoms with Gasteiger partial charge in [0.25, 0.3) is 0 Å². The van der Waals surface area contributed by atoms with Gasteiger partial charge in [-0.05, 0) is 26.7 Å². The van der Waals surface area contributed by atoms with Gasteiger partial charge in [0.1, 0.15) is 0 Å². The smallest absolute Gasteiger partial charge is 0.0573 e. The first-order chi connectivity index (χ1) is 5.20. The van der Waals surface area contributed by atoms with Crippen molar-refractivity contribution in [3.63, 3.8) is 0 Å². The zero-order chi connectivity index (χ0) is 9.28. The molecule has 0 aliphatic carbocycles. The van der Waals surface area contributed by atoms with Gasteiger partial charge < -0.3 is 4.74 Å². The van der Waals surface area contributed by atoms with E-state index < -0.39 is 0 Å². The van der Waals surface area contributed by atoms with Crippen molar-refractivity contribution in [2.24, 2.45) is 0 Å². The zero-order valence-corrected chi connectivity index (χ0v) is 8.98. The summed E-state index contributed by atoms with van der Waals surface area (Å²) in [5.74, 6) is 0. The molecule has 0 aliphatic rings. The van der Waals surface area contributed by atoms with Crippen molar-refractivity contribution in [3.05, 3.63) is 0 Å². The van der Waals surface area contributed by atoms with Crippen LogP contribution < -0.4 is 0 Å². The number of hydrogen-bond acceptors (Lipinski definition) is 1. The summed E-state index contributed by atoms with van der Waals surface area (Å²) in [6.45, 7) is 12.5. The van der Waals surface area contributed by atoms with Gasteiger partial charge in [-0.15, -0.1) is 0 Å². The number of hydrogen-bond donors (Lipinski definition) is 0. The third-order valence-electron chi connectivity index (χ3n) is 1.38. The maximum Gasteiger partial charge on any atom is 0.0573 e. The molecule has 0 saturated carbocycles. The highest BCUT2D eigenvalue weighted by molar-refractivity contribution is 4.52. The molecule has 1 nitrogen and oxygen atoms in total. The summed E-state index contributed by atoms with van der Waals surface area (Å²) in [6, 6.07) is 0. The van der Waals surface area contributed by atoms with E-state index in [-0.39, 0.29) is 7.43 Å². The van der Waals surface area contributed by atoms with Crippen LogP contribution in [-0.2, 0) is 4.74 Å². The van der Waals surface area contributed by atoms with E-state index in [1.807, 2.05) is 13.8 Å². The molecule has 12 heavy (non-hydrogen) atoms. The van der Waals surface area contributed by atoms with Crippen LogP contribution in [0.2, 0.25) is 0 Å². The van der Waals surface area contributed by atoms with Crippen molar-refractivity contribution in [2.75, 3.05) is 0 Å². The van der Waals surface area contributed by atoms with Gasteiger partial charge in [-0.3, -0.25) is 0 Å². The van der Waals surface area contributed by atoms with E-state index in [9.17, 15) is 0 Å². The fraction of sp³-hybridized carbons (Fsp3) is 1.00. The monoisotopic (exact) mass is 176 g/mol. The SMILES string of the molecule is C.CC.CCC(CC)OC(C)C. The van der Waals surface area contributed by atoms with E-state index >= 15 is 0 Å². The lowest BCUT2D eigenvalue weighted by Crippen LogP contribution is -2.15. The van der Waals surface area contributed by atoms with E-state index in [1.165, 1.54) is 0 Å². The Labute approximate surface area is 79.5 Å². The van der Waals surface area contributed by atoms with E-state index in [4.69, 9.17) is 4.74 Å². The largest absolute Gasteiger partial charge is 0.376 e. The molecule has 0 radical (unpaired) electrons.